The molecular formula is C36H55N5O8. The predicted octanol–water partition coefficient (Wildman–Crippen LogP) is 3.11. The number of carbonyl (C=O) groups excluding carboxylic acids is 4. The zero-order valence-electron chi connectivity index (χ0n) is 29.3. The summed E-state index contributed by atoms with van der Waals surface area (Å²) in [4.78, 5) is 58.6. The summed E-state index contributed by atoms with van der Waals surface area (Å²) in [7, 11) is 0. The highest BCUT2D eigenvalue weighted by Gasteiger charge is 2.55. The number of benzene rings is 1. The van der Waals surface area contributed by atoms with E-state index in [0.29, 0.717) is 39.0 Å². The number of carbonyl (C=O) groups is 4. The Morgan fingerprint density at radius 1 is 1.02 bits per heavy atom. The third kappa shape index (κ3) is 9.85. The molecular weight excluding hydrogens is 630 g/mol. The quantitative estimate of drug-likeness (QED) is 0.185. The molecule has 49 heavy (non-hydrogen) atoms. The van der Waals surface area contributed by atoms with E-state index in [4.69, 9.17) is 24.7 Å². The maximum Gasteiger partial charge on any atom is 0.410 e. The maximum atomic E-state index is 13.6. The second-order valence-corrected chi connectivity index (χ2v) is 13.8. The monoisotopic (exact) mass is 685 g/mol. The number of hydrogen-bond acceptors (Lipinski definition) is 10. The highest BCUT2D eigenvalue weighted by molar-refractivity contribution is 5.95. The Bertz CT molecular complexity index is 1300. The van der Waals surface area contributed by atoms with Crippen LogP contribution in [-0.4, -0.2) is 115 Å². The van der Waals surface area contributed by atoms with Gasteiger partial charge in [-0.15, -0.1) is 0 Å². The fraction of sp³-hybridized carbons (Fsp3) is 0.722. The molecule has 3 amide bonds. The molecule has 1 aromatic carbocycles. The standard InChI is InChI=1S/C36H55N5O8/c1-3-5-6-7-8-9-10-30(37)33(43)41-25-29(22-31(41)32(42)38-36(13-14-36)34(44)47-4-2)49-35(45)40-23-26-11-12-28(21-27(26)24-40)48-20-17-39-15-18-46-19-16-39/h11-12,21,29-31H,3-10,13-20,22-25,37H2,1-2H3,(H,38,42)/t29-,30+,31+/m1/s1. The fourth-order valence-corrected chi connectivity index (χ4v) is 6.87. The van der Waals surface area contributed by atoms with Gasteiger partial charge in [0.15, 0.2) is 0 Å². The molecule has 3 atom stereocenters. The third-order valence-corrected chi connectivity index (χ3v) is 10.0. The van der Waals surface area contributed by atoms with Gasteiger partial charge >= 0.3 is 12.1 Å². The van der Waals surface area contributed by atoms with Gasteiger partial charge in [-0.05, 0) is 49.4 Å². The highest BCUT2D eigenvalue weighted by Crippen LogP contribution is 2.37. The lowest BCUT2D eigenvalue weighted by molar-refractivity contribution is -0.149. The summed E-state index contributed by atoms with van der Waals surface area (Å²) in [6.45, 7) is 9.62. The van der Waals surface area contributed by atoms with Gasteiger partial charge in [0.25, 0.3) is 0 Å². The van der Waals surface area contributed by atoms with E-state index in [-0.39, 0.29) is 25.5 Å². The first-order chi connectivity index (χ1) is 23.7. The molecule has 4 aliphatic rings. The van der Waals surface area contributed by atoms with Gasteiger partial charge in [-0.2, -0.15) is 0 Å². The average Bonchev–Trinajstić information content (AvgIpc) is 3.56. The van der Waals surface area contributed by atoms with Crippen LogP contribution in [0.15, 0.2) is 18.2 Å². The lowest BCUT2D eigenvalue weighted by atomic mass is 10.0. The summed E-state index contributed by atoms with van der Waals surface area (Å²) in [6.07, 6.45) is 6.81. The van der Waals surface area contributed by atoms with Crippen molar-refractivity contribution in [1.29, 1.82) is 0 Å². The van der Waals surface area contributed by atoms with Gasteiger partial charge < -0.3 is 34.9 Å². The summed E-state index contributed by atoms with van der Waals surface area (Å²) in [5.41, 5.74) is 7.32. The van der Waals surface area contributed by atoms with Crippen LogP contribution in [0.1, 0.15) is 89.2 Å². The van der Waals surface area contributed by atoms with E-state index in [0.717, 1.165) is 81.8 Å². The molecule has 0 radical (unpaired) electrons. The van der Waals surface area contributed by atoms with Crippen molar-refractivity contribution in [2.75, 3.05) is 52.6 Å². The van der Waals surface area contributed by atoms with E-state index in [2.05, 4.69) is 17.1 Å². The minimum Gasteiger partial charge on any atom is -0.492 e. The van der Waals surface area contributed by atoms with Crippen LogP contribution in [0.5, 0.6) is 5.75 Å². The number of fused-ring (bicyclic) bond motifs is 1. The Morgan fingerprint density at radius 2 is 1.76 bits per heavy atom. The first-order valence-electron chi connectivity index (χ1n) is 18.3. The first-order valence-corrected chi connectivity index (χ1v) is 18.3. The number of ether oxygens (including phenoxy) is 4. The molecule has 1 saturated carbocycles. The number of rotatable bonds is 17. The summed E-state index contributed by atoms with van der Waals surface area (Å²) >= 11 is 0. The number of morpholine rings is 1. The fourth-order valence-electron chi connectivity index (χ4n) is 6.87. The Balaban J connectivity index is 1.16. The normalized spacial score (nSPS) is 21.9. The Kier molecular flexibility index (Phi) is 13.2. The van der Waals surface area contributed by atoms with Crippen LogP contribution in [0.25, 0.3) is 0 Å². The van der Waals surface area contributed by atoms with Crippen LogP contribution in [0.2, 0.25) is 0 Å². The van der Waals surface area contributed by atoms with Gasteiger partial charge in [-0.25, -0.2) is 9.59 Å². The predicted molar refractivity (Wildman–Crippen MR) is 182 cm³/mol. The van der Waals surface area contributed by atoms with Crippen LogP contribution in [0, 0.1) is 0 Å². The number of likely N-dealkylation sites (tertiary alicyclic amines) is 1. The van der Waals surface area contributed by atoms with E-state index in [1.807, 2.05) is 18.2 Å². The van der Waals surface area contributed by atoms with E-state index < -0.39 is 41.7 Å². The van der Waals surface area contributed by atoms with Crippen molar-refractivity contribution >= 4 is 23.9 Å². The molecule has 13 nitrogen and oxygen atoms in total. The van der Waals surface area contributed by atoms with Crippen LogP contribution < -0.4 is 15.8 Å². The van der Waals surface area contributed by atoms with Gasteiger partial charge in [0.2, 0.25) is 11.8 Å². The smallest absolute Gasteiger partial charge is 0.410 e. The molecule has 3 aliphatic heterocycles. The molecule has 0 bridgehead atoms. The topological polar surface area (TPSA) is 153 Å². The lowest BCUT2D eigenvalue weighted by Crippen LogP contribution is -2.55. The van der Waals surface area contributed by atoms with Gasteiger partial charge in [0.1, 0.15) is 30.0 Å². The number of nitrogens with one attached hydrogen (secondary N) is 1. The number of hydrogen-bond donors (Lipinski definition) is 2. The summed E-state index contributed by atoms with van der Waals surface area (Å²) in [5, 5.41) is 2.85. The molecule has 0 aromatic heterocycles. The molecule has 272 valence electrons. The van der Waals surface area contributed by atoms with E-state index in [1.54, 1.807) is 11.8 Å². The zero-order valence-corrected chi connectivity index (χ0v) is 29.3. The molecule has 3 N–H and O–H groups in total. The molecule has 3 heterocycles. The van der Waals surface area contributed by atoms with Crippen LogP contribution >= 0.6 is 0 Å². The molecule has 1 aromatic rings. The number of esters is 1. The molecule has 0 spiro atoms. The summed E-state index contributed by atoms with van der Waals surface area (Å²) in [5.74, 6) is -0.516. The molecule has 0 unspecified atom stereocenters. The number of nitrogens with zero attached hydrogens (tertiary/aromatic N) is 3. The second-order valence-electron chi connectivity index (χ2n) is 13.8. The minimum absolute atomic E-state index is 0.0567. The number of amides is 3. The van der Waals surface area contributed by atoms with E-state index in [1.165, 1.54) is 11.3 Å². The van der Waals surface area contributed by atoms with Crippen LogP contribution in [0.4, 0.5) is 4.79 Å². The van der Waals surface area contributed by atoms with Gasteiger partial charge in [-0.3, -0.25) is 19.4 Å². The summed E-state index contributed by atoms with van der Waals surface area (Å²) in [6, 6.07) is 4.19. The van der Waals surface area contributed by atoms with Crippen molar-refractivity contribution in [1.82, 2.24) is 20.0 Å². The average molecular weight is 686 g/mol. The Morgan fingerprint density at radius 3 is 2.49 bits per heavy atom. The second kappa shape index (κ2) is 17.5. The van der Waals surface area contributed by atoms with Crippen LogP contribution in [0.3, 0.4) is 0 Å². The van der Waals surface area contributed by atoms with Crippen molar-refractivity contribution in [3.05, 3.63) is 29.3 Å². The summed E-state index contributed by atoms with van der Waals surface area (Å²) < 4.78 is 22.5. The number of nitrogens with two attached hydrogens (primary N) is 1. The molecule has 2 saturated heterocycles. The van der Waals surface area contributed by atoms with Crippen molar-refractivity contribution in [3.63, 3.8) is 0 Å². The highest BCUT2D eigenvalue weighted by atomic mass is 16.6. The molecule has 5 rings (SSSR count). The van der Waals surface area contributed by atoms with Crippen LogP contribution in [-0.2, 0) is 41.7 Å². The Hall–Kier alpha value is -3.42. The number of unbranched alkanes of at least 4 members (excludes halogenated alkanes) is 5. The third-order valence-electron chi connectivity index (χ3n) is 10.0. The van der Waals surface area contributed by atoms with Gasteiger partial charge in [-0.1, -0.05) is 51.5 Å². The molecule has 13 heteroatoms. The van der Waals surface area contributed by atoms with Crippen molar-refractivity contribution in [2.45, 2.75) is 115 Å². The van der Waals surface area contributed by atoms with Crippen molar-refractivity contribution in [3.8, 4) is 5.75 Å². The van der Waals surface area contributed by atoms with Crippen molar-refractivity contribution < 1.29 is 38.1 Å². The zero-order chi connectivity index (χ0) is 34.8. The van der Waals surface area contributed by atoms with E-state index in [9.17, 15) is 19.2 Å². The van der Waals surface area contributed by atoms with E-state index >= 15 is 0 Å². The largest absolute Gasteiger partial charge is 0.492 e. The first kappa shape index (κ1) is 36.9. The maximum absolute atomic E-state index is 13.6. The SMILES string of the molecule is CCCCCCCC[C@H](N)C(=O)N1C[C@H](OC(=O)N2Cc3ccc(OCCN4CCOCC4)cc3C2)C[C@H]1C(=O)NC1(C(=O)OCC)CC1. The molecule has 3 fully saturated rings. The van der Waals surface area contributed by atoms with Gasteiger partial charge in [0.05, 0.1) is 32.4 Å². The Labute approximate surface area is 290 Å². The molecule has 1 aliphatic carbocycles. The van der Waals surface area contributed by atoms with Crippen molar-refractivity contribution in [2.24, 2.45) is 5.73 Å². The minimum atomic E-state index is -1.07. The lowest BCUT2D eigenvalue weighted by Gasteiger charge is -2.27. The van der Waals surface area contributed by atoms with Gasteiger partial charge in [0, 0.05) is 39.1 Å².